The summed E-state index contributed by atoms with van der Waals surface area (Å²) in [5.41, 5.74) is 26.3. The van der Waals surface area contributed by atoms with Gasteiger partial charge in [0.2, 0.25) is 0 Å². The Kier molecular flexibility index (Phi) is 16.9. The summed E-state index contributed by atoms with van der Waals surface area (Å²) in [5.74, 6) is 0. The van der Waals surface area contributed by atoms with Gasteiger partial charge in [-0.1, -0.05) is 249 Å². The number of rotatable bonds is 16. The molecular weight excluding hydrogens is 1280 g/mol. The minimum absolute atomic E-state index is 0.823. The molecule has 0 aliphatic heterocycles. The predicted octanol–water partition coefficient (Wildman–Crippen LogP) is 28.5. The molecule has 4 aliphatic rings. The summed E-state index contributed by atoms with van der Waals surface area (Å²) in [5, 5.41) is 12.1. The van der Waals surface area contributed by atoms with E-state index in [9.17, 15) is 0 Å². The smallest absolute Gasteiger partial charge is 0.0468 e. The second-order valence-corrected chi connectivity index (χ2v) is 28.4. The third-order valence-electron chi connectivity index (χ3n) is 22.0. The number of nitrogens with zero attached hydrogens (tertiary/aromatic N) is 4. The molecule has 0 spiro atoms. The molecule has 4 nitrogen and oxygen atoms in total. The molecule has 0 unspecified atom stereocenters. The van der Waals surface area contributed by atoms with E-state index >= 15 is 0 Å². The fourth-order valence-corrected chi connectivity index (χ4v) is 16.7. The Labute approximate surface area is 621 Å². The minimum Gasteiger partial charge on any atom is -0.314 e. The highest BCUT2D eigenvalue weighted by molar-refractivity contribution is 6.20. The van der Waals surface area contributed by atoms with Gasteiger partial charge in [-0.25, -0.2) is 0 Å². The quantitative estimate of drug-likeness (QED) is 0.0894. The van der Waals surface area contributed by atoms with E-state index in [0.29, 0.717) is 0 Å². The van der Waals surface area contributed by atoms with Crippen LogP contribution in [0.5, 0.6) is 0 Å². The molecule has 0 saturated heterocycles. The average molecular weight is 1360 g/mol. The summed E-state index contributed by atoms with van der Waals surface area (Å²) in [6.07, 6.45) is 30.8. The van der Waals surface area contributed by atoms with Crippen LogP contribution in [0.15, 0.2) is 387 Å². The SMILES string of the molecule is C1=CCCC(N(c2ccc(-c3ccccc3)cc2)c2ccc3c(-c4ccc(N(c5ccc6ccccc6c5)c5ccc6ccccc6c5)cc4)c4cc(N(C5=CC=CCC5)c5ccc(-c6ccccc6)cc5)ccc4c(C4=CC=C(N(c5ccc6c(c5)C=CCC6)c5ccc6ccccc6c5)CC4)c3c2)=C1. The zero-order valence-corrected chi connectivity index (χ0v) is 59.2. The van der Waals surface area contributed by atoms with Crippen molar-refractivity contribution in [1.82, 2.24) is 0 Å². The number of hydrogen-bond acceptors (Lipinski definition) is 4. The standard InChI is InChI=1S/C102H78N4/c1-5-21-71(22-6-1)77-37-49-87(50-38-77)103(85-33-9-3-10-34-85)95-61-63-97-99(69-95)101(79-45-53-89(54-46-79)105(91-57-41-73-25-13-17-29-81(73)65-91)92-58-42-74-26-14-18-30-82(74)66-92)98-64-62-96(104(86-35-11-4-12-36-86)88-51-39-78(40-52-88)72-23-7-2-8-24-72)70-100(98)102(97)80-47-55-90(56-48-80)106(93-59-43-75-27-15-19-31-83(75)67-93)94-60-44-76-28-16-20-32-84(76)68-94/h1-9,11,13-15,17-27,29-33,35,37-47,49-55,57-70H,10,12,16,28,34,36,48,56H2. The van der Waals surface area contributed by atoms with Crippen LogP contribution in [-0.2, 0) is 6.42 Å². The summed E-state index contributed by atoms with van der Waals surface area (Å²) in [7, 11) is 0. The number of hydrogen-bond donors (Lipinski definition) is 0. The van der Waals surface area contributed by atoms with Crippen molar-refractivity contribution in [2.24, 2.45) is 0 Å². The van der Waals surface area contributed by atoms with Crippen LogP contribution in [0.4, 0.5) is 51.2 Å². The van der Waals surface area contributed by atoms with E-state index in [1.807, 2.05) is 0 Å². The van der Waals surface area contributed by atoms with Crippen LogP contribution in [0, 0.1) is 0 Å². The average Bonchev–Trinajstić information content (AvgIpc) is 0.721. The lowest BCUT2D eigenvalue weighted by atomic mass is 9.83. The summed E-state index contributed by atoms with van der Waals surface area (Å²) < 4.78 is 0. The van der Waals surface area contributed by atoms with Crippen molar-refractivity contribution < 1.29 is 0 Å². The van der Waals surface area contributed by atoms with Gasteiger partial charge in [-0.15, -0.1) is 0 Å². The Hall–Kier alpha value is -13.0. The molecule has 506 valence electrons. The molecule has 0 bridgehead atoms. The monoisotopic (exact) mass is 1360 g/mol. The Morgan fingerprint density at radius 1 is 0.217 bits per heavy atom. The van der Waals surface area contributed by atoms with E-state index in [0.717, 1.165) is 102 Å². The van der Waals surface area contributed by atoms with E-state index < -0.39 is 0 Å². The van der Waals surface area contributed by atoms with Crippen LogP contribution in [0.2, 0.25) is 0 Å². The fourth-order valence-electron chi connectivity index (χ4n) is 16.7. The minimum atomic E-state index is 0.823. The summed E-state index contributed by atoms with van der Waals surface area (Å²) in [6.45, 7) is 0. The van der Waals surface area contributed by atoms with E-state index in [1.165, 1.54) is 127 Å². The molecule has 0 amide bonds. The van der Waals surface area contributed by atoms with Crippen LogP contribution in [0.3, 0.4) is 0 Å². The van der Waals surface area contributed by atoms with Crippen LogP contribution in [0.25, 0.3) is 98.9 Å². The molecule has 0 atom stereocenters. The summed E-state index contributed by atoms with van der Waals surface area (Å²) >= 11 is 0. The maximum Gasteiger partial charge on any atom is 0.0468 e. The first kappa shape index (κ1) is 63.9. The summed E-state index contributed by atoms with van der Waals surface area (Å²) in [6, 6.07) is 118. The van der Waals surface area contributed by atoms with Crippen molar-refractivity contribution in [1.29, 1.82) is 0 Å². The molecule has 0 saturated carbocycles. The third kappa shape index (κ3) is 12.3. The fraction of sp³-hybridized carbons (Fsp3) is 0.0784. The lowest BCUT2D eigenvalue weighted by Crippen LogP contribution is -2.18. The number of allylic oxidation sites excluding steroid dienone is 13. The van der Waals surface area contributed by atoms with Gasteiger partial charge in [0.05, 0.1) is 0 Å². The highest BCUT2D eigenvalue weighted by atomic mass is 15.2. The third-order valence-corrected chi connectivity index (χ3v) is 22.0. The Morgan fingerprint density at radius 3 is 1.08 bits per heavy atom. The van der Waals surface area contributed by atoms with Gasteiger partial charge in [-0.2, -0.15) is 0 Å². The number of aryl methyl sites for hydroxylation is 1. The van der Waals surface area contributed by atoms with E-state index in [-0.39, 0.29) is 0 Å². The first-order valence-corrected chi connectivity index (χ1v) is 37.6. The van der Waals surface area contributed by atoms with E-state index in [2.05, 4.69) is 396 Å². The van der Waals surface area contributed by atoms with Gasteiger partial charge in [0.15, 0.2) is 0 Å². The molecule has 0 aromatic heterocycles. The van der Waals surface area contributed by atoms with Gasteiger partial charge < -0.3 is 19.6 Å². The number of benzene rings is 15. The van der Waals surface area contributed by atoms with Crippen LogP contribution in [-0.4, -0.2) is 0 Å². The molecule has 0 heterocycles. The van der Waals surface area contributed by atoms with E-state index in [1.54, 1.807) is 0 Å². The molecule has 0 fully saturated rings. The van der Waals surface area contributed by atoms with E-state index in [4.69, 9.17) is 0 Å². The van der Waals surface area contributed by atoms with Crippen LogP contribution >= 0.6 is 0 Å². The molecule has 15 aromatic rings. The lowest BCUT2D eigenvalue weighted by molar-refractivity contribution is 0.918. The van der Waals surface area contributed by atoms with Crippen LogP contribution in [0.1, 0.15) is 61.6 Å². The largest absolute Gasteiger partial charge is 0.314 e. The molecule has 15 aromatic carbocycles. The van der Waals surface area contributed by atoms with Crippen molar-refractivity contribution >= 4 is 117 Å². The highest BCUT2D eigenvalue weighted by Crippen LogP contribution is 2.51. The molecule has 4 heteroatoms. The second kappa shape index (κ2) is 28.0. The van der Waals surface area contributed by atoms with Gasteiger partial charge in [0.25, 0.3) is 0 Å². The van der Waals surface area contributed by atoms with Gasteiger partial charge in [-0.05, 0) is 288 Å². The Morgan fingerprint density at radius 2 is 0.594 bits per heavy atom. The second-order valence-electron chi connectivity index (χ2n) is 28.4. The van der Waals surface area contributed by atoms with Crippen molar-refractivity contribution in [3.8, 4) is 33.4 Å². The topological polar surface area (TPSA) is 13.0 Å². The molecular formula is C102H78N4. The van der Waals surface area contributed by atoms with Crippen molar-refractivity contribution in [2.45, 2.75) is 51.4 Å². The van der Waals surface area contributed by atoms with Crippen molar-refractivity contribution in [3.05, 3.63) is 404 Å². The molecule has 19 rings (SSSR count). The number of anilines is 9. The Balaban J connectivity index is 0.848. The zero-order valence-electron chi connectivity index (χ0n) is 59.2. The highest BCUT2D eigenvalue weighted by Gasteiger charge is 2.28. The first-order chi connectivity index (χ1) is 52.5. The zero-order chi connectivity index (χ0) is 70.3. The summed E-state index contributed by atoms with van der Waals surface area (Å²) in [4.78, 5) is 9.99. The molecule has 106 heavy (non-hydrogen) atoms. The number of fused-ring (bicyclic) bond motifs is 6. The van der Waals surface area contributed by atoms with Crippen molar-refractivity contribution in [3.63, 3.8) is 0 Å². The predicted molar refractivity (Wildman–Crippen MR) is 453 cm³/mol. The Bertz CT molecular complexity index is 6050. The maximum absolute atomic E-state index is 2.53. The van der Waals surface area contributed by atoms with Crippen LogP contribution < -0.4 is 19.6 Å². The van der Waals surface area contributed by atoms with Gasteiger partial charge in [0.1, 0.15) is 0 Å². The molecule has 0 N–H and O–H groups in total. The van der Waals surface area contributed by atoms with Gasteiger partial charge >= 0.3 is 0 Å². The maximum atomic E-state index is 2.53. The molecule has 0 radical (unpaired) electrons. The molecule has 4 aliphatic carbocycles. The lowest BCUT2D eigenvalue weighted by Gasteiger charge is -2.32. The normalized spacial score (nSPS) is 14.0. The van der Waals surface area contributed by atoms with Crippen molar-refractivity contribution in [2.75, 3.05) is 19.6 Å². The van der Waals surface area contributed by atoms with Gasteiger partial charge in [0, 0.05) is 68.3 Å². The van der Waals surface area contributed by atoms with Gasteiger partial charge in [-0.3, -0.25) is 0 Å². The first-order valence-electron chi connectivity index (χ1n) is 37.6.